The second-order valence-electron chi connectivity index (χ2n) is 12.5. The summed E-state index contributed by atoms with van der Waals surface area (Å²) in [5.41, 5.74) is 4.89. The number of benzene rings is 2. The largest absolute Gasteiger partial charge is 0.373 e. The monoisotopic (exact) mass is 692 g/mol. The fourth-order valence-electron chi connectivity index (χ4n) is 6.05. The van der Waals surface area contributed by atoms with E-state index in [1.54, 1.807) is 30.3 Å². The van der Waals surface area contributed by atoms with Crippen molar-refractivity contribution in [3.8, 4) is 6.07 Å². The number of para-hydroxylation sites is 1. The van der Waals surface area contributed by atoms with Crippen molar-refractivity contribution in [1.82, 2.24) is 19.5 Å². The van der Waals surface area contributed by atoms with Gasteiger partial charge < -0.3 is 9.64 Å². The summed E-state index contributed by atoms with van der Waals surface area (Å²) in [6.07, 6.45) is 19.9. The molecule has 2 aromatic heterocycles. The molecule has 1 aliphatic heterocycles. The molecule has 0 saturated carbocycles. The van der Waals surface area contributed by atoms with Gasteiger partial charge in [-0.05, 0) is 60.8 Å². The summed E-state index contributed by atoms with van der Waals surface area (Å²) in [5, 5.41) is 15.2. The van der Waals surface area contributed by atoms with Crippen molar-refractivity contribution in [2.24, 2.45) is 0 Å². The van der Waals surface area contributed by atoms with E-state index in [-0.39, 0.29) is 28.1 Å². The lowest BCUT2D eigenvalue weighted by molar-refractivity contribution is 0.111. The van der Waals surface area contributed by atoms with Crippen LogP contribution in [-0.4, -0.2) is 41.1 Å². The number of nitrogens with zero attached hydrogens (tertiary/aromatic N) is 5. The smallest absolute Gasteiger partial charge is 0.265 e. The zero-order chi connectivity index (χ0) is 35.3. The highest BCUT2D eigenvalue weighted by Crippen LogP contribution is 2.31. The zero-order valence-corrected chi connectivity index (χ0v) is 30.3. The van der Waals surface area contributed by atoms with Crippen LogP contribution in [0.5, 0.6) is 0 Å². The number of aromatic nitrogens is 3. The number of anilines is 1. The molecule has 262 valence electrons. The van der Waals surface area contributed by atoms with Crippen molar-refractivity contribution in [2.75, 3.05) is 17.9 Å². The number of nitrogens with one attached hydrogen (secondary N) is 1. The lowest BCUT2D eigenvalue weighted by Crippen LogP contribution is -2.24. The summed E-state index contributed by atoms with van der Waals surface area (Å²) in [7, 11) is -4.20. The standard InChI is InChI=1S/C40H48N6O3S/c1-4-7-9-10-11-17-27-49-30-38-42-40-35(29-41)39(50(47,48)44-33-19-13-12-14-20-33)36(46(40)43-38)23-22-31(6-3)28-37-34-21-16-15-18-32(34)24-26-45(37)25-8-5-2/h12-16,18-24,26,28,44H,4-11,17,25,27,30H2,1-3H3/b31-22+,36-23+,37-28+. The molecular formula is C40H48N6O3S. The third kappa shape index (κ3) is 8.89. The second-order valence-corrected chi connectivity index (χ2v) is 14.1. The molecule has 1 aliphatic rings. The summed E-state index contributed by atoms with van der Waals surface area (Å²) in [4.78, 5) is 6.71. The van der Waals surface area contributed by atoms with Gasteiger partial charge in [0.25, 0.3) is 10.0 Å². The van der Waals surface area contributed by atoms with E-state index in [2.05, 4.69) is 77.0 Å². The Morgan fingerprint density at radius 2 is 1.70 bits per heavy atom. The summed E-state index contributed by atoms with van der Waals surface area (Å²) in [6, 6.07) is 19.1. The van der Waals surface area contributed by atoms with Crippen molar-refractivity contribution >= 4 is 39.2 Å². The Morgan fingerprint density at radius 1 is 0.960 bits per heavy atom. The van der Waals surface area contributed by atoms with E-state index in [1.807, 2.05) is 24.3 Å². The highest BCUT2D eigenvalue weighted by atomic mass is 32.2. The van der Waals surface area contributed by atoms with Gasteiger partial charge in [0.2, 0.25) is 0 Å². The predicted molar refractivity (Wildman–Crippen MR) is 201 cm³/mol. The second kappa shape index (κ2) is 17.8. The van der Waals surface area contributed by atoms with Crippen molar-refractivity contribution in [1.29, 1.82) is 5.26 Å². The molecule has 0 bridgehead atoms. The average molecular weight is 693 g/mol. The van der Waals surface area contributed by atoms with Gasteiger partial charge in [0.1, 0.15) is 23.1 Å². The van der Waals surface area contributed by atoms with Crippen LogP contribution in [0, 0.1) is 11.3 Å². The molecule has 0 fully saturated rings. The van der Waals surface area contributed by atoms with Gasteiger partial charge in [0.15, 0.2) is 11.5 Å². The van der Waals surface area contributed by atoms with Gasteiger partial charge in [-0.15, -0.1) is 5.10 Å². The minimum Gasteiger partial charge on any atom is -0.373 e. The Bertz CT molecular complexity index is 2040. The van der Waals surface area contributed by atoms with Crippen molar-refractivity contribution in [2.45, 2.75) is 90.1 Å². The minimum atomic E-state index is -4.20. The molecule has 0 unspecified atom stereocenters. The Morgan fingerprint density at radius 3 is 2.46 bits per heavy atom. The van der Waals surface area contributed by atoms with E-state index in [0.29, 0.717) is 24.5 Å². The molecule has 0 atom stereocenters. The first kappa shape index (κ1) is 36.6. The lowest BCUT2D eigenvalue weighted by atomic mass is 9.98. The maximum atomic E-state index is 14.0. The maximum Gasteiger partial charge on any atom is 0.265 e. The number of allylic oxidation sites excluding steroid dienone is 3. The molecule has 3 heterocycles. The van der Waals surface area contributed by atoms with Crippen LogP contribution >= 0.6 is 0 Å². The number of sulfonamides is 1. The fourth-order valence-corrected chi connectivity index (χ4v) is 7.43. The summed E-state index contributed by atoms with van der Waals surface area (Å²) >= 11 is 0. The molecule has 10 heteroatoms. The van der Waals surface area contributed by atoms with Gasteiger partial charge in [-0.25, -0.2) is 17.9 Å². The van der Waals surface area contributed by atoms with Crippen molar-refractivity contribution in [3.05, 3.63) is 106 Å². The van der Waals surface area contributed by atoms with E-state index in [0.717, 1.165) is 54.6 Å². The van der Waals surface area contributed by atoms with Gasteiger partial charge in [-0.2, -0.15) is 5.26 Å². The quantitative estimate of drug-likeness (QED) is 0.105. The molecule has 0 aliphatic carbocycles. The highest BCUT2D eigenvalue weighted by Gasteiger charge is 2.28. The summed E-state index contributed by atoms with van der Waals surface area (Å²) in [6.45, 7) is 8.11. The first-order valence-electron chi connectivity index (χ1n) is 17.8. The Kier molecular flexibility index (Phi) is 13.0. The van der Waals surface area contributed by atoms with E-state index in [1.165, 1.54) is 30.2 Å². The third-order valence-corrected chi connectivity index (χ3v) is 10.2. The Hall–Kier alpha value is -4.72. The van der Waals surface area contributed by atoms with Gasteiger partial charge in [-0.1, -0.05) is 108 Å². The molecule has 2 aromatic carbocycles. The number of ether oxygens (including phenoxy) is 1. The summed E-state index contributed by atoms with van der Waals surface area (Å²) in [5.74, 6) is 0.399. The maximum absolute atomic E-state index is 14.0. The average Bonchev–Trinajstić information content (AvgIpc) is 3.67. The number of hydrogen-bond donors (Lipinski definition) is 1. The van der Waals surface area contributed by atoms with Gasteiger partial charge in [0.05, 0.1) is 5.35 Å². The van der Waals surface area contributed by atoms with E-state index in [4.69, 9.17) is 4.74 Å². The van der Waals surface area contributed by atoms with Crippen LogP contribution in [0.25, 0.3) is 23.5 Å². The fraction of sp³-hybridized carbons (Fsp3) is 0.375. The predicted octanol–water partition coefficient (Wildman–Crippen LogP) is 8.24. The number of rotatable bonds is 18. The van der Waals surface area contributed by atoms with Crippen LogP contribution in [0.3, 0.4) is 0 Å². The minimum absolute atomic E-state index is 0.0590. The van der Waals surface area contributed by atoms with Crippen molar-refractivity contribution in [3.63, 3.8) is 0 Å². The van der Waals surface area contributed by atoms with Crippen LogP contribution < -0.4 is 10.1 Å². The van der Waals surface area contributed by atoms with E-state index >= 15 is 0 Å². The molecule has 0 radical (unpaired) electrons. The van der Waals surface area contributed by atoms with E-state index in [9.17, 15) is 13.7 Å². The third-order valence-electron chi connectivity index (χ3n) is 8.76. The van der Waals surface area contributed by atoms with Gasteiger partial charge in [0, 0.05) is 36.3 Å². The molecule has 4 aromatic rings. The van der Waals surface area contributed by atoms with Gasteiger partial charge >= 0.3 is 0 Å². The number of nitriles is 1. The molecule has 1 N–H and O–H groups in total. The Balaban J connectivity index is 1.55. The molecule has 0 saturated heterocycles. The summed E-state index contributed by atoms with van der Waals surface area (Å²) < 4.78 is 38.0. The van der Waals surface area contributed by atoms with Crippen LogP contribution in [0.1, 0.15) is 101 Å². The lowest BCUT2D eigenvalue weighted by Gasteiger charge is -2.29. The SMILES string of the molecule is CCCCCCCCOCc1nc2c(C#N)c(S(=O)(=O)Nc3ccccc3)\c(=C/C=C(/C=C3\c4ccccc4C=CN3CCCC)CC)n2n1. The first-order chi connectivity index (χ1) is 24.4. The highest BCUT2D eigenvalue weighted by molar-refractivity contribution is 7.92. The molecule has 50 heavy (non-hydrogen) atoms. The molecule has 9 nitrogen and oxygen atoms in total. The van der Waals surface area contributed by atoms with Gasteiger partial charge in [-0.3, -0.25) is 4.72 Å². The van der Waals surface area contributed by atoms with Crippen LogP contribution in [0.4, 0.5) is 5.69 Å². The number of unbranched alkanes of at least 4 members (excludes halogenated alkanes) is 6. The van der Waals surface area contributed by atoms with Crippen LogP contribution in [-0.2, 0) is 21.4 Å². The number of fused-ring (bicyclic) bond motifs is 2. The van der Waals surface area contributed by atoms with Crippen molar-refractivity contribution < 1.29 is 13.2 Å². The normalized spacial score (nSPS) is 14.4. The topological polar surface area (TPSA) is 113 Å². The molecule has 0 spiro atoms. The molecule has 0 amide bonds. The first-order valence-corrected chi connectivity index (χ1v) is 19.3. The zero-order valence-electron chi connectivity index (χ0n) is 29.4. The van der Waals surface area contributed by atoms with Crippen LogP contribution in [0.15, 0.2) is 83.4 Å². The molecule has 5 rings (SSSR count). The molecular weight excluding hydrogens is 645 g/mol. The van der Waals surface area contributed by atoms with E-state index < -0.39 is 10.0 Å². The Labute approximate surface area is 296 Å². The number of hydrogen-bond acceptors (Lipinski definition) is 7. The van der Waals surface area contributed by atoms with Crippen LogP contribution in [0.2, 0.25) is 0 Å².